The van der Waals surface area contributed by atoms with Crippen LogP contribution in [0, 0.1) is 5.82 Å². The van der Waals surface area contributed by atoms with Crippen LogP contribution in [0.3, 0.4) is 0 Å². The number of hydrogen-bond donors (Lipinski definition) is 1. The summed E-state index contributed by atoms with van der Waals surface area (Å²) in [6.45, 7) is 5.41. The zero-order valence-electron chi connectivity index (χ0n) is 11.4. The Kier molecular flexibility index (Phi) is 5.21. The summed E-state index contributed by atoms with van der Waals surface area (Å²) < 4.78 is 17.4. The third-order valence-electron chi connectivity index (χ3n) is 3.09. The SMILES string of the molecule is CCc1nn(CC)c(CNc2c(F)cccc2Br)c1Br. The second kappa shape index (κ2) is 6.72. The van der Waals surface area contributed by atoms with Crippen LogP contribution in [0.5, 0.6) is 0 Å². The van der Waals surface area contributed by atoms with Crippen molar-refractivity contribution < 1.29 is 4.39 Å². The first-order chi connectivity index (χ1) is 9.58. The van der Waals surface area contributed by atoms with E-state index in [-0.39, 0.29) is 5.82 Å². The molecule has 0 amide bonds. The lowest BCUT2D eigenvalue weighted by Crippen LogP contribution is -2.09. The van der Waals surface area contributed by atoms with Crippen molar-refractivity contribution in [1.29, 1.82) is 0 Å². The molecule has 0 aliphatic carbocycles. The summed E-state index contributed by atoms with van der Waals surface area (Å²) in [4.78, 5) is 0. The van der Waals surface area contributed by atoms with Crippen molar-refractivity contribution in [3.8, 4) is 0 Å². The fourth-order valence-corrected chi connectivity index (χ4v) is 3.21. The molecule has 2 aromatic rings. The Morgan fingerprint density at radius 1 is 1.30 bits per heavy atom. The van der Waals surface area contributed by atoms with E-state index in [0.29, 0.717) is 16.7 Å². The van der Waals surface area contributed by atoms with Crippen LogP contribution in [0.1, 0.15) is 25.2 Å². The van der Waals surface area contributed by atoms with Crippen molar-refractivity contribution in [2.45, 2.75) is 33.4 Å². The molecule has 6 heteroatoms. The third kappa shape index (κ3) is 3.06. The highest BCUT2D eigenvalue weighted by Gasteiger charge is 2.14. The van der Waals surface area contributed by atoms with E-state index in [1.165, 1.54) is 6.07 Å². The van der Waals surface area contributed by atoms with Gasteiger partial charge in [-0.15, -0.1) is 0 Å². The first-order valence-electron chi connectivity index (χ1n) is 6.50. The Balaban J connectivity index is 2.25. The van der Waals surface area contributed by atoms with Gasteiger partial charge in [0, 0.05) is 11.0 Å². The van der Waals surface area contributed by atoms with E-state index in [9.17, 15) is 4.39 Å². The van der Waals surface area contributed by atoms with Gasteiger partial charge in [0.15, 0.2) is 0 Å². The molecule has 3 nitrogen and oxygen atoms in total. The van der Waals surface area contributed by atoms with Gasteiger partial charge in [-0.25, -0.2) is 4.39 Å². The highest BCUT2D eigenvalue weighted by Crippen LogP contribution is 2.28. The first kappa shape index (κ1) is 15.5. The maximum Gasteiger partial charge on any atom is 0.147 e. The smallest absolute Gasteiger partial charge is 0.147 e. The van der Waals surface area contributed by atoms with Crippen LogP contribution in [-0.2, 0) is 19.5 Å². The van der Waals surface area contributed by atoms with Crippen molar-refractivity contribution in [1.82, 2.24) is 9.78 Å². The van der Waals surface area contributed by atoms with E-state index in [0.717, 1.165) is 28.8 Å². The van der Waals surface area contributed by atoms with Gasteiger partial charge in [-0.2, -0.15) is 5.10 Å². The number of aromatic nitrogens is 2. The highest BCUT2D eigenvalue weighted by molar-refractivity contribution is 9.11. The topological polar surface area (TPSA) is 29.9 Å². The van der Waals surface area contributed by atoms with Gasteiger partial charge in [0.2, 0.25) is 0 Å². The van der Waals surface area contributed by atoms with Crippen LogP contribution in [0.15, 0.2) is 27.1 Å². The number of nitrogens with one attached hydrogen (secondary N) is 1. The predicted molar refractivity (Wildman–Crippen MR) is 86.4 cm³/mol. The van der Waals surface area contributed by atoms with Crippen LogP contribution >= 0.6 is 31.9 Å². The maximum atomic E-state index is 13.8. The van der Waals surface area contributed by atoms with Gasteiger partial charge in [0.05, 0.1) is 28.1 Å². The number of para-hydroxylation sites is 1. The van der Waals surface area contributed by atoms with E-state index < -0.39 is 0 Å². The molecule has 1 heterocycles. The van der Waals surface area contributed by atoms with Gasteiger partial charge in [-0.3, -0.25) is 4.68 Å². The number of hydrogen-bond acceptors (Lipinski definition) is 2. The van der Waals surface area contributed by atoms with Crippen LogP contribution in [-0.4, -0.2) is 9.78 Å². The van der Waals surface area contributed by atoms with Gasteiger partial charge < -0.3 is 5.32 Å². The second-order valence-electron chi connectivity index (χ2n) is 4.33. The summed E-state index contributed by atoms with van der Waals surface area (Å²) in [6.07, 6.45) is 0.865. The molecule has 0 bridgehead atoms. The highest BCUT2D eigenvalue weighted by atomic mass is 79.9. The van der Waals surface area contributed by atoms with Gasteiger partial charge in [0.25, 0.3) is 0 Å². The van der Waals surface area contributed by atoms with Gasteiger partial charge >= 0.3 is 0 Å². The number of anilines is 1. The molecule has 20 heavy (non-hydrogen) atoms. The van der Waals surface area contributed by atoms with Gasteiger partial charge in [-0.05, 0) is 57.3 Å². The minimum atomic E-state index is -0.270. The summed E-state index contributed by atoms with van der Waals surface area (Å²) in [7, 11) is 0. The van der Waals surface area contributed by atoms with Crippen molar-refractivity contribution in [3.05, 3.63) is 44.3 Å². The van der Waals surface area contributed by atoms with E-state index in [1.807, 2.05) is 17.7 Å². The molecule has 0 saturated carbocycles. The Labute approximate surface area is 134 Å². The molecule has 0 unspecified atom stereocenters. The Morgan fingerprint density at radius 3 is 2.65 bits per heavy atom. The second-order valence-corrected chi connectivity index (χ2v) is 5.97. The van der Waals surface area contributed by atoms with Crippen LogP contribution in [0.4, 0.5) is 10.1 Å². The van der Waals surface area contributed by atoms with E-state index in [1.54, 1.807) is 6.07 Å². The van der Waals surface area contributed by atoms with Crippen molar-refractivity contribution >= 4 is 37.5 Å². The zero-order chi connectivity index (χ0) is 14.7. The van der Waals surface area contributed by atoms with E-state index in [2.05, 4.69) is 49.2 Å². The third-order valence-corrected chi connectivity index (χ3v) is 4.67. The fraction of sp³-hybridized carbons (Fsp3) is 0.357. The summed E-state index contributed by atoms with van der Waals surface area (Å²) in [6, 6.07) is 4.93. The normalized spacial score (nSPS) is 10.8. The standard InChI is InChI=1S/C14H16Br2FN3/c1-3-11-13(16)12(20(4-2)19-11)8-18-14-9(15)6-5-7-10(14)17/h5-7,18H,3-4,8H2,1-2H3. The van der Waals surface area contributed by atoms with Gasteiger partial charge in [0.1, 0.15) is 5.82 Å². The largest absolute Gasteiger partial charge is 0.376 e. The average molecular weight is 405 g/mol. The first-order valence-corrected chi connectivity index (χ1v) is 8.09. The zero-order valence-corrected chi connectivity index (χ0v) is 14.6. The van der Waals surface area contributed by atoms with Crippen molar-refractivity contribution in [3.63, 3.8) is 0 Å². The summed E-state index contributed by atoms with van der Waals surface area (Å²) in [5.74, 6) is -0.270. The van der Waals surface area contributed by atoms with Gasteiger partial charge in [-0.1, -0.05) is 13.0 Å². The lowest BCUT2D eigenvalue weighted by atomic mass is 10.2. The number of aryl methyl sites for hydroxylation is 2. The van der Waals surface area contributed by atoms with Crippen molar-refractivity contribution in [2.24, 2.45) is 0 Å². The number of nitrogens with zero attached hydrogens (tertiary/aromatic N) is 2. The molecule has 108 valence electrons. The Morgan fingerprint density at radius 2 is 2.05 bits per heavy atom. The molecule has 0 spiro atoms. The van der Waals surface area contributed by atoms with Crippen LogP contribution in [0.25, 0.3) is 0 Å². The monoisotopic (exact) mass is 403 g/mol. The molecule has 0 saturated heterocycles. The number of rotatable bonds is 5. The summed E-state index contributed by atoms with van der Waals surface area (Å²) in [5.41, 5.74) is 2.53. The summed E-state index contributed by atoms with van der Waals surface area (Å²) in [5, 5.41) is 7.67. The summed E-state index contributed by atoms with van der Waals surface area (Å²) >= 11 is 6.94. The van der Waals surface area contributed by atoms with Crippen LogP contribution < -0.4 is 5.32 Å². The molecule has 0 fully saturated rings. The minimum Gasteiger partial charge on any atom is -0.376 e. The quantitative estimate of drug-likeness (QED) is 0.779. The molecule has 0 atom stereocenters. The van der Waals surface area contributed by atoms with Crippen molar-refractivity contribution in [2.75, 3.05) is 5.32 Å². The molecule has 2 rings (SSSR count). The predicted octanol–water partition coefficient (Wildman–Crippen LogP) is 4.74. The molecule has 1 aromatic heterocycles. The molecular formula is C14H16Br2FN3. The maximum absolute atomic E-state index is 13.8. The van der Waals surface area contributed by atoms with Crippen LogP contribution in [0.2, 0.25) is 0 Å². The minimum absolute atomic E-state index is 0.270. The molecular weight excluding hydrogens is 389 g/mol. The number of halogens is 3. The lowest BCUT2D eigenvalue weighted by Gasteiger charge is -2.11. The molecule has 1 aromatic carbocycles. The fourth-order valence-electron chi connectivity index (χ4n) is 2.02. The average Bonchev–Trinajstić information content (AvgIpc) is 2.74. The lowest BCUT2D eigenvalue weighted by molar-refractivity contribution is 0.613. The Bertz CT molecular complexity index is 590. The molecule has 0 aliphatic rings. The number of benzene rings is 1. The molecule has 1 N–H and O–H groups in total. The van der Waals surface area contributed by atoms with E-state index >= 15 is 0 Å². The Hall–Kier alpha value is -0.880. The molecule has 0 radical (unpaired) electrons. The molecule has 0 aliphatic heterocycles. The van der Waals surface area contributed by atoms with E-state index in [4.69, 9.17) is 0 Å².